The average molecular weight is 394 g/mol. The standard InChI is InChI=1S/C17H14N8O2S/c26-16(19-8-13-21-15(22-27-13)10-3-2-6-18-7-10)14-11-4-1-5-12(11)28-17(14)25-9-20-23-24-25/h2-3,6-7,9H,1,4-5,8H2,(H,19,26). The molecule has 11 heteroatoms. The van der Waals surface area contributed by atoms with Gasteiger partial charge in [-0.15, -0.1) is 16.4 Å². The highest BCUT2D eigenvalue weighted by atomic mass is 32.1. The fraction of sp³-hybridized carbons (Fsp3) is 0.235. The number of hydrogen-bond acceptors (Lipinski definition) is 9. The highest BCUT2D eigenvalue weighted by Gasteiger charge is 2.28. The Labute approximate surface area is 162 Å². The minimum atomic E-state index is -0.203. The highest BCUT2D eigenvalue weighted by Crippen LogP contribution is 2.37. The molecule has 0 saturated heterocycles. The molecule has 1 N–H and O–H groups in total. The van der Waals surface area contributed by atoms with E-state index in [2.05, 4.69) is 36.0 Å². The number of aryl methyl sites for hydroxylation is 1. The lowest BCUT2D eigenvalue weighted by molar-refractivity contribution is 0.0945. The van der Waals surface area contributed by atoms with E-state index >= 15 is 0 Å². The summed E-state index contributed by atoms with van der Waals surface area (Å²) < 4.78 is 6.78. The second kappa shape index (κ2) is 6.93. The van der Waals surface area contributed by atoms with E-state index in [9.17, 15) is 4.79 Å². The van der Waals surface area contributed by atoms with Crippen molar-refractivity contribution in [2.45, 2.75) is 25.8 Å². The van der Waals surface area contributed by atoms with Crippen LogP contribution in [0.15, 0.2) is 35.4 Å². The molecule has 0 unspecified atom stereocenters. The predicted octanol–water partition coefficient (Wildman–Crippen LogP) is 1.59. The van der Waals surface area contributed by atoms with Crippen molar-refractivity contribution in [3.8, 4) is 16.4 Å². The summed E-state index contributed by atoms with van der Waals surface area (Å²) in [7, 11) is 0. The highest BCUT2D eigenvalue weighted by molar-refractivity contribution is 7.15. The first-order chi connectivity index (χ1) is 13.8. The number of hydrogen-bond donors (Lipinski definition) is 1. The van der Waals surface area contributed by atoms with Crippen molar-refractivity contribution in [1.82, 2.24) is 40.6 Å². The fourth-order valence-corrected chi connectivity index (χ4v) is 4.53. The molecule has 140 valence electrons. The van der Waals surface area contributed by atoms with E-state index in [4.69, 9.17) is 4.52 Å². The van der Waals surface area contributed by atoms with Crippen LogP contribution in [0.25, 0.3) is 16.4 Å². The van der Waals surface area contributed by atoms with Crippen molar-refractivity contribution >= 4 is 17.2 Å². The van der Waals surface area contributed by atoms with Crippen LogP contribution in [-0.4, -0.2) is 41.2 Å². The molecule has 10 nitrogen and oxygen atoms in total. The Hall–Kier alpha value is -3.47. The van der Waals surface area contributed by atoms with Crippen LogP contribution in [0, 0.1) is 0 Å². The van der Waals surface area contributed by atoms with Crippen LogP contribution in [-0.2, 0) is 19.4 Å². The summed E-state index contributed by atoms with van der Waals surface area (Å²) in [6.45, 7) is 0.131. The van der Waals surface area contributed by atoms with Gasteiger partial charge in [0.2, 0.25) is 11.7 Å². The Bertz CT molecular complexity index is 1120. The van der Waals surface area contributed by atoms with E-state index in [1.54, 1.807) is 29.8 Å². The molecule has 4 aromatic rings. The van der Waals surface area contributed by atoms with Gasteiger partial charge in [0, 0.05) is 22.8 Å². The molecule has 4 heterocycles. The molecule has 4 aromatic heterocycles. The first kappa shape index (κ1) is 16.7. The van der Waals surface area contributed by atoms with Gasteiger partial charge >= 0.3 is 0 Å². The number of carbonyl (C=O) groups excluding carboxylic acids is 1. The summed E-state index contributed by atoms with van der Waals surface area (Å²) in [4.78, 5) is 22.5. The van der Waals surface area contributed by atoms with E-state index in [1.807, 2.05) is 6.07 Å². The van der Waals surface area contributed by atoms with Gasteiger partial charge in [-0.05, 0) is 47.4 Å². The van der Waals surface area contributed by atoms with E-state index < -0.39 is 0 Å². The molecule has 1 aliphatic carbocycles. The van der Waals surface area contributed by atoms with Crippen LogP contribution >= 0.6 is 11.3 Å². The van der Waals surface area contributed by atoms with Crippen LogP contribution in [0.5, 0.6) is 0 Å². The molecule has 1 amide bonds. The van der Waals surface area contributed by atoms with Crippen LogP contribution < -0.4 is 5.32 Å². The van der Waals surface area contributed by atoms with Crippen LogP contribution in [0.4, 0.5) is 0 Å². The number of fused-ring (bicyclic) bond motifs is 1. The third kappa shape index (κ3) is 2.95. The third-order valence-corrected chi connectivity index (χ3v) is 5.76. The summed E-state index contributed by atoms with van der Waals surface area (Å²) >= 11 is 1.56. The van der Waals surface area contributed by atoms with Crippen molar-refractivity contribution in [2.24, 2.45) is 0 Å². The van der Waals surface area contributed by atoms with Gasteiger partial charge < -0.3 is 9.84 Å². The third-order valence-electron chi connectivity index (χ3n) is 4.47. The molecule has 0 aromatic carbocycles. The maximum atomic E-state index is 12.9. The molecule has 1 aliphatic rings. The van der Waals surface area contributed by atoms with E-state index in [1.165, 1.54) is 15.9 Å². The quantitative estimate of drug-likeness (QED) is 0.541. The Balaban J connectivity index is 1.36. The first-order valence-corrected chi connectivity index (χ1v) is 9.50. The number of nitrogens with one attached hydrogen (secondary N) is 1. The number of pyridine rings is 1. The van der Waals surface area contributed by atoms with Gasteiger partial charge in [-0.2, -0.15) is 9.67 Å². The van der Waals surface area contributed by atoms with E-state index in [-0.39, 0.29) is 12.5 Å². The zero-order valence-corrected chi connectivity index (χ0v) is 15.4. The van der Waals surface area contributed by atoms with E-state index in [0.29, 0.717) is 17.3 Å². The molecule has 0 atom stereocenters. The largest absolute Gasteiger partial charge is 0.343 e. The van der Waals surface area contributed by atoms with Gasteiger partial charge in [-0.25, -0.2) is 0 Å². The number of nitrogens with zero attached hydrogens (tertiary/aromatic N) is 7. The number of rotatable bonds is 5. The SMILES string of the molecule is O=C(NCc1nc(-c2cccnc2)no1)c1c(-n2cnnn2)sc2c1CCC2. The maximum absolute atomic E-state index is 12.9. The average Bonchev–Trinajstić information content (AvgIpc) is 3.50. The fourth-order valence-electron chi connectivity index (χ4n) is 3.22. The number of thiophene rings is 1. The Kier molecular flexibility index (Phi) is 4.13. The minimum absolute atomic E-state index is 0.131. The zero-order valence-electron chi connectivity index (χ0n) is 14.6. The number of amides is 1. The Morgan fingerprint density at radius 1 is 1.36 bits per heavy atom. The van der Waals surface area contributed by atoms with Gasteiger partial charge in [-0.3, -0.25) is 9.78 Å². The summed E-state index contributed by atoms with van der Waals surface area (Å²) in [6.07, 6.45) is 7.72. The lowest BCUT2D eigenvalue weighted by atomic mass is 10.1. The maximum Gasteiger partial charge on any atom is 0.255 e. The summed E-state index contributed by atoms with van der Waals surface area (Å²) in [5.74, 6) is 0.553. The predicted molar refractivity (Wildman–Crippen MR) is 97.8 cm³/mol. The van der Waals surface area contributed by atoms with Crippen molar-refractivity contribution in [3.63, 3.8) is 0 Å². The van der Waals surface area contributed by atoms with Crippen LogP contribution in [0.2, 0.25) is 0 Å². The normalized spacial score (nSPS) is 12.9. The molecular formula is C17H14N8O2S. The topological polar surface area (TPSA) is 125 Å². The first-order valence-electron chi connectivity index (χ1n) is 8.68. The molecule has 0 fully saturated rings. The molecule has 0 aliphatic heterocycles. The van der Waals surface area contributed by atoms with E-state index in [0.717, 1.165) is 35.4 Å². The molecule has 0 bridgehead atoms. The zero-order chi connectivity index (χ0) is 18.9. The van der Waals surface area contributed by atoms with Gasteiger partial charge in [-0.1, -0.05) is 5.16 Å². The summed E-state index contributed by atoms with van der Waals surface area (Å²) in [5, 5.41) is 18.8. The number of tetrazole rings is 1. The second-order valence-corrected chi connectivity index (χ2v) is 7.31. The molecular weight excluding hydrogens is 380 g/mol. The Morgan fingerprint density at radius 2 is 2.32 bits per heavy atom. The number of aromatic nitrogens is 7. The molecule has 0 saturated carbocycles. The lowest BCUT2D eigenvalue weighted by Gasteiger charge is -2.06. The molecule has 0 spiro atoms. The van der Waals surface area contributed by atoms with Crippen LogP contribution in [0.1, 0.15) is 33.1 Å². The Morgan fingerprint density at radius 3 is 3.14 bits per heavy atom. The van der Waals surface area contributed by atoms with Crippen molar-refractivity contribution in [1.29, 1.82) is 0 Å². The minimum Gasteiger partial charge on any atom is -0.343 e. The van der Waals surface area contributed by atoms with Crippen LogP contribution in [0.3, 0.4) is 0 Å². The van der Waals surface area contributed by atoms with Gasteiger partial charge in [0.1, 0.15) is 11.3 Å². The van der Waals surface area contributed by atoms with Crippen molar-refractivity contribution in [2.75, 3.05) is 0 Å². The summed E-state index contributed by atoms with van der Waals surface area (Å²) in [5.41, 5.74) is 2.45. The van der Waals surface area contributed by atoms with Gasteiger partial charge in [0.05, 0.1) is 12.1 Å². The lowest BCUT2D eigenvalue weighted by Crippen LogP contribution is -2.24. The van der Waals surface area contributed by atoms with Gasteiger partial charge in [0.15, 0.2) is 0 Å². The van der Waals surface area contributed by atoms with Gasteiger partial charge in [0.25, 0.3) is 5.91 Å². The summed E-state index contributed by atoms with van der Waals surface area (Å²) in [6, 6.07) is 3.64. The monoisotopic (exact) mass is 394 g/mol. The molecule has 28 heavy (non-hydrogen) atoms. The van der Waals surface area contributed by atoms with Crippen molar-refractivity contribution in [3.05, 3.63) is 52.7 Å². The number of carbonyl (C=O) groups is 1. The van der Waals surface area contributed by atoms with Crippen molar-refractivity contribution < 1.29 is 9.32 Å². The smallest absolute Gasteiger partial charge is 0.255 e. The molecule has 0 radical (unpaired) electrons. The second-order valence-electron chi connectivity index (χ2n) is 6.23. The molecule has 5 rings (SSSR count).